The number of halogens is 3. The average molecular weight is 321 g/mol. The third kappa shape index (κ3) is 4.12. The van der Waals surface area contributed by atoms with E-state index in [0.717, 1.165) is 11.6 Å². The van der Waals surface area contributed by atoms with Crippen LogP contribution in [0.25, 0.3) is 0 Å². The number of benzene rings is 2. The predicted molar refractivity (Wildman–Crippen MR) is 84.5 cm³/mol. The van der Waals surface area contributed by atoms with Gasteiger partial charge in [-0.1, -0.05) is 45.0 Å². The molecule has 0 bridgehead atoms. The zero-order chi connectivity index (χ0) is 17.3. The quantitative estimate of drug-likeness (QED) is 0.803. The fraction of sp³-hybridized carbons (Fsp3) is 0.278. The van der Waals surface area contributed by atoms with E-state index < -0.39 is 17.6 Å². The minimum atomic E-state index is -4.57. The molecule has 0 heterocycles. The van der Waals surface area contributed by atoms with Gasteiger partial charge >= 0.3 is 6.18 Å². The van der Waals surface area contributed by atoms with Crippen LogP contribution in [0.3, 0.4) is 0 Å². The highest BCUT2D eigenvalue weighted by molar-refractivity contribution is 6.05. The van der Waals surface area contributed by atoms with Crippen LogP contribution in [0.2, 0.25) is 0 Å². The van der Waals surface area contributed by atoms with Crippen molar-refractivity contribution < 1.29 is 18.0 Å². The summed E-state index contributed by atoms with van der Waals surface area (Å²) < 4.78 is 38.9. The summed E-state index contributed by atoms with van der Waals surface area (Å²) in [6.45, 7) is 6.17. The molecular formula is C18H18F3NO. The van der Waals surface area contributed by atoms with Crippen LogP contribution in [-0.2, 0) is 11.6 Å². The fourth-order valence-electron chi connectivity index (χ4n) is 2.18. The van der Waals surface area contributed by atoms with Gasteiger partial charge in [-0.2, -0.15) is 13.2 Å². The normalized spacial score (nSPS) is 12.1. The first kappa shape index (κ1) is 17.1. The van der Waals surface area contributed by atoms with Gasteiger partial charge in [-0.05, 0) is 35.2 Å². The van der Waals surface area contributed by atoms with E-state index in [1.54, 1.807) is 12.1 Å². The van der Waals surface area contributed by atoms with E-state index in [4.69, 9.17) is 0 Å². The van der Waals surface area contributed by atoms with Gasteiger partial charge in [-0.3, -0.25) is 4.79 Å². The lowest BCUT2D eigenvalue weighted by Crippen LogP contribution is -2.18. The van der Waals surface area contributed by atoms with Crippen molar-refractivity contribution in [3.05, 3.63) is 65.2 Å². The molecule has 0 spiro atoms. The van der Waals surface area contributed by atoms with E-state index in [0.29, 0.717) is 5.69 Å². The van der Waals surface area contributed by atoms with Crippen LogP contribution in [0.1, 0.15) is 42.3 Å². The Balaban J connectivity index is 2.24. The Labute approximate surface area is 133 Å². The molecule has 122 valence electrons. The number of hydrogen-bond donors (Lipinski definition) is 1. The van der Waals surface area contributed by atoms with E-state index in [1.165, 1.54) is 18.2 Å². The van der Waals surface area contributed by atoms with Crippen molar-refractivity contribution in [3.63, 3.8) is 0 Å². The molecule has 1 amide bonds. The Kier molecular flexibility index (Phi) is 4.50. The van der Waals surface area contributed by atoms with Gasteiger partial charge < -0.3 is 5.32 Å². The molecule has 0 aromatic heterocycles. The molecule has 2 nitrogen and oxygen atoms in total. The summed E-state index contributed by atoms with van der Waals surface area (Å²) in [7, 11) is 0. The minimum Gasteiger partial charge on any atom is -0.322 e. The summed E-state index contributed by atoms with van der Waals surface area (Å²) in [6.07, 6.45) is -4.57. The highest BCUT2D eigenvalue weighted by Crippen LogP contribution is 2.32. The Morgan fingerprint density at radius 2 is 1.48 bits per heavy atom. The second-order valence-corrected chi connectivity index (χ2v) is 6.32. The van der Waals surface area contributed by atoms with Crippen molar-refractivity contribution in [2.75, 3.05) is 5.32 Å². The summed E-state index contributed by atoms with van der Waals surface area (Å²) in [5.41, 5.74) is 0.167. The number of amides is 1. The first-order valence-corrected chi connectivity index (χ1v) is 7.17. The third-order valence-corrected chi connectivity index (χ3v) is 3.49. The molecule has 2 rings (SSSR count). The molecule has 2 aromatic rings. The molecule has 0 saturated carbocycles. The van der Waals surface area contributed by atoms with Crippen LogP contribution in [-0.4, -0.2) is 5.91 Å². The van der Waals surface area contributed by atoms with E-state index in [-0.39, 0.29) is 11.0 Å². The van der Waals surface area contributed by atoms with Gasteiger partial charge in [0.25, 0.3) is 5.91 Å². The second kappa shape index (κ2) is 6.07. The first-order chi connectivity index (χ1) is 10.6. The molecule has 0 aliphatic heterocycles. The van der Waals surface area contributed by atoms with Crippen molar-refractivity contribution in [2.24, 2.45) is 0 Å². The van der Waals surface area contributed by atoms with E-state index >= 15 is 0 Å². The van der Waals surface area contributed by atoms with Gasteiger partial charge in [0.1, 0.15) is 0 Å². The molecule has 0 saturated heterocycles. The van der Waals surface area contributed by atoms with Crippen molar-refractivity contribution in [1.29, 1.82) is 0 Å². The van der Waals surface area contributed by atoms with Gasteiger partial charge in [0, 0.05) is 5.69 Å². The number of hydrogen-bond acceptors (Lipinski definition) is 1. The molecule has 23 heavy (non-hydrogen) atoms. The lowest BCUT2D eigenvalue weighted by molar-refractivity contribution is -0.137. The molecule has 0 unspecified atom stereocenters. The molecule has 0 aliphatic carbocycles. The molecular weight excluding hydrogens is 303 g/mol. The van der Waals surface area contributed by atoms with Crippen LogP contribution in [0, 0.1) is 0 Å². The van der Waals surface area contributed by atoms with Crippen LogP contribution >= 0.6 is 0 Å². The van der Waals surface area contributed by atoms with Crippen molar-refractivity contribution >= 4 is 11.6 Å². The number of rotatable bonds is 2. The molecule has 5 heteroatoms. The maximum atomic E-state index is 13.0. The largest absolute Gasteiger partial charge is 0.417 e. The Bertz CT molecular complexity index is 697. The number of anilines is 1. The second-order valence-electron chi connectivity index (χ2n) is 6.32. The predicted octanol–water partition coefficient (Wildman–Crippen LogP) is 5.26. The summed E-state index contributed by atoms with van der Waals surface area (Å²) in [4.78, 5) is 12.2. The monoisotopic (exact) mass is 321 g/mol. The molecule has 0 atom stereocenters. The molecule has 0 aliphatic rings. The smallest absolute Gasteiger partial charge is 0.322 e. The standard InChI is InChI=1S/C18H18F3NO/c1-17(2,3)12-8-10-13(11-9-12)22-16(23)14-6-4-5-7-15(14)18(19,20)21/h4-11H,1-3H3,(H,22,23). The molecule has 0 fully saturated rings. The first-order valence-electron chi connectivity index (χ1n) is 7.17. The zero-order valence-electron chi connectivity index (χ0n) is 13.2. The lowest BCUT2D eigenvalue weighted by atomic mass is 9.87. The number of carbonyl (C=O) groups is 1. The third-order valence-electron chi connectivity index (χ3n) is 3.49. The fourth-order valence-corrected chi connectivity index (χ4v) is 2.18. The Morgan fingerprint density at radius 3 is 2.00 bits per heavy atom. The molecule has 0 radical (unpaired) electrons. The molecule has 1 N–H and O–H groups in total. The van der Waals surface area contributed by atoms with Gasteiger partial charge in [-0.15, -0.1) is 0 Å². The highest BCUT2D eigenvalue weighted by atomic mass is 19.4. The van der Waals surface area contributed by atoms with Gasteiger partial charge in [0.05, 0.1) is 11.1 Å². The topological polar surface area (TPSA) is 29.1 Å². The Morgan fingerprint density at radius 1 is 0.913 bits per heavy atom. The van der Waals surface area contributed by atoms with Gasteiger partial charge in [-0.25, -0.2) is 0 Å². The summed E-state index contributed by atoms with van der Waals surface area (Å²) in [5.74, 6) is -0.776. The van der Waals surface area contributed by atoms with Crippen molar-refractivity contribution in [1.82, 2.24) is 0 Å². The SMILES string of the molecule is CC(C)(C)c1ccc(NC(=O)c2ccccc2C(F)(F)F)cc1. The number of nitrogens with one attached hydrogen (secondary N) is 1. The van der Waals surface area contributed by atoms with Crippen molar-refractivity contribution in [2.45, 2.75) is 32.4 Å². The lowest BCUT2D eigenvalue weighted by Gasteiger charge is -2.19. The maximum absolute atomic E-state index is 13.0. The van der Waals surface area contributed by atoms with Crippen LogP contribution in [0.5, 0.6) is 0 Å². The zero-order valence-corrected chi connectivity index (χ0v) is 13.2. The van der Waals surface area contributed by atoms with E-state index in [2.05, 4.69) is 26.1 Å². The van der Waals surface area contributed by atoms with E-state index in [1.807, 2.05) is 12.1 Å². The maximum Gasteiger partial charge on any atom is 0.417 e. The average Bonchev–Trinajstić information content (AvgIpc) is 2.46. The van der Waals surface area contributed by atoms with Gasteiger partial charge in [0.15, 0.2) is 0 Å². The van der Waals surface area contributed by atoms with Gasteiger partial charge in [0.2, 0.25) is 0 Å². The number of carbonyl (C=O) groups excluding carboxylic acids is 1. The summed E-state index contributed by atoms with van der Waals surface area (Å²) in [5, 5.41) is 2.51. The minimum absolute atomic E-state index is 0.0363. The summed E-state index contributed by atoms with van der Waals surface area (Å²) >= 11 is 0. The van der Waals surface area contributed by atoms with Crippen LogP contribution < -0.4 is 5.32 Å². The Hall–Kier alpha value is -2.30. The van der Waals surface area contributed by atoms with E-state index in [9.17, 15) is 18.0 Å². The van der Waals surface area contributed by atoms with Crippen molar-refractivity contribution in [3.8, 4) is 0 Å². The van der Waals surface area contributed by atoms with Crippen LogP contribution in [0.4, 0.5) is 18.9 Å². The van der Waals surface area contributed by atoms with Crippen LogP contribution in [0.15, 0.2) is 48.5 Å². The highest BCUT2D eigenvalue weighted by Gasteiger charge is 2.34. The molecule has 2 aromatic carbocycles. The number of alkyl halides is 3. The summed E-state index contributed by atoms with van der Waals surface area (Å²) in [6, 6.07) is 11.8.